The van der Waals surface area contributed by atoms with Crippen molar-refractivity contribution < 1.29 is 27.5 Å². The molecule has 0 heterocycles. The SMILES string of the molecule is CCCOC(=O)N(C(=O)OCCC)c1cccc(NS(=O)(=O)CC)c1CC. The lowest BCUT2D eigenvalue weighted by molar-refractivity contribution is 0.134. The van der Waals surface area contributed by atoms with E-state index in [1.54, 1.807) is 25.1 Å². The number of benzene rings is 1. The summed E-state index contributed by atoms with van der Waals surface area (Å²) in [6.07, 6.45) is -0.136. The molecule has 2 amide bonds. The smallest absolute Gasteiger partial charge is 0.424 e. The molecule has 0 aliphatic heterocycles. The topological polar surface area (TPSA) is 102 Å². The molecule has 8 nitrogen and oxygen atoms in total. The van der Waals surface area contributed by atoms with Crippen LogP contribution in [0.15, 0.2) is 18.2 Å². The molecule has 1 N–H and O–H groups in total. The van der Waals surface area contributed by atoms with Crippen molar-refractivity contribution >= 4 is 33.6 Å². The number of anilines is 2. The predicted molar refractivity (Wildman–Crippen MR) is 105 cm³/mol. The molecule has 0 aliphatic rings. The van der Waals surface area contributed by atoms with Gasteiger partial charge in [-0.25, -0.2) is 18.0 Å². The summed E-state index contributed by atoms with van der Waals surface area (Å²) in [6.45, 7) is 7.30. The third-order valence-electron chi connectivity index (χ3n) is 3.62. The lowest BCUT2D eigenvalue weighted by Crippen LogP contribution is -2.39. The van der Waals surface area contributed by atoms with Crippen LogP contribution in [-0.2, 0) is 25.9 Å². The maximum Gasteiger partial charge on any atom is 0.424 e. The average Bonchev–Trinajstić information content (AvgIpc) is 2.64. The van der Waals surface area contributed by atoms with E-state index in [2.05, 4.69) is 4.72 Å². The summed E-state index contributed by atoms with van der Waals surface area (Å²) in [5, 5.41) is 0. The van der Waals surface area contributed by atoms with Gasteiger partial charge in [-0.1, -0.05) is 26.8 Å². The number of rotatable bonds is 9. The Labute approximate surface area is 160 Å². The van der Waals surface area contributed by atoms with Crippen LogP contribution in [-0.4, -0.2) is 39.6 Å². The zero-order valence-electron chi connectivity index (χ0n) is 16.3. The number of nitrogens with zero attached hydrogens (tertiary/aromatic N) is 1. The summed E-state index contributed by atoms with van der Waals surface area (Å²) in [7, 11) is -3.52. The molecule has 0 unspecified atom stereocenters. The van der Waals surface area contributed by atoms with E-state index in [1.807, 2.05) is 13.8 Å². The first-order chi connectivity index (χ1) is 12.8. The molecule has 0 radical (unpaired) electrons. The molecule has 0 saturated carbocycles. The lowest BCUT2D eigenvalue weighted by Gasteiger charge is -2.23. The summed E-state index contributed by atoms with van der Waals surface area (Å²) in [6, 6.07) is 4.71. The van der Waals surface area contributed by atoms with Crippen molar-refractivity contribution in [1.82, 2.24) is 0 Å². The number of sulfonamides is 1. The first kappa shape index (κ1) is 22.8. The Bertz CT molecular complexity index is 728. The van der Waals surface area contributed by atoms with Crippen LogP contribution in [0.4, 0.5) is 21.0 Å². The van der Waals surface area contributed by atoms with Crippen LogP contribution in [0.25, 0.3) is 0 Å². The van der Waals surface area contributed by atoms with Gasteiger partial charge in [-0.05, 0) is 38.3 Å². The van der Waals surface area contributed by atoms with Crippen LogP contribution in [0.2, 0.25) is 0 Å². The van der Waals surface area contributed by atoms with Crippen molar-refractivity contribution in [2.24, 2.45) is 0 Å². The van der Waals surface area contributed by atoms with Gasteiger partial charge in [-0.2, -0.15) is 4.90 Å². The minimum absolute atomic E-state index is 0.0961. The van der Waals surface area contributed by atoms with E-state index in [9.17, 15) is 18.0 Å². The first-order valence-electron chi connectivity index (χ1n) is 9.07. The second-order valence-electron chi connectivity index (χ2n) is 5.73. The van der Waals surface area contributed by atoms with Gasteiger partial charge < -0.3 is 9.47 Å². The zero-order valence-corrected chi connectivity index (χ0v) is 17.1. The van der Waals surface area contributed by atoms with E-state index < -0.39 is 22.2 Å². The molecule has 0 fully saturated rings. The normalized spacial score (nSPS) is 11.0. The van der Waals surface area contributed by atoms with Gasteiger partial charge in [0.15, 0.2) is 0 Å². The van der Waals surface area contributed by atoms with Crippen molar-refractivity contribution in [3.63, 3.8) is 0 Å². The highest BCUT2D eigenvalue weighted by molar-refractivity contribution is 7.92. The van der Waals surface area contributed by atoms with Crippen molar-refractivity contribution in [2.45, 2.75) is 47.0 Å². The third kappa shape index (κ3) is 6.42. The molecule has 1 aromatic rings. The Morgan fingerprint density at radius 2 is 1.56 bits per heavy atom. The molecule has 1 aromatic carbocycles. The fourth-order valence-corrected chi connectivity index (χ4v) is 2.94. The molecule has 27 heavy (non-hydrogen) atoms. The Kier molecular flexibility index (Phi) is 9.07. The Morgan fingerprint density at radius 3 is 2.00 bits per heavy atom. The maximum absolute atomic E-state index is 12.5. The van der Waals surface area contributed by atoms with E-state index >= 15 is 0 Å². The van der Waals surface area contributed by atoms with Crippen LogP contribution in [0.5, 0.6) is 0 Å². The molecular formula is C18H28N2O6S. The van der Waals surface area contributed by atoms with Crippen LogP contribution in [0, 0.1) is 0 Å². The monoisotopic (exact) mass is 400 g/mol. The van der Waals surface area contributed by atoms with Crippen LogP contribution < -0.4 is 9.62 Å². The molecule has 0 aliphatic carbocycles. The first-order valence-corrected chi connectivity index (χ1v) is 10.7. The van der Waals surface area contributed by atoms with Gasteiger partial charge in [0.2, 0.25) is 10.0 Å². The molecule has 9 heteroatoms. The van der Waals surface area contributed by atoms with E-state index in [1.165, 1.54) is 6.92 Å². The van der Waals surface area contributed by atoms with Gasteiger partial charge in [0.1, 0.15) is 0 Å². The predicted octanol–water partition coefficient (Wildman–Crippen LogP) is 3.91. The number of nitrogens with one attached hydrogen (secondary N) is 1. The minimum Gasteiger partial charge on any atom is -0.449 e. The standard InChI is InChI=1S/C18H28N2O6S/c1-5-12-25-17(21)20(18(22)26-13-6-2)16-11-9-10-15(14(16)7-3)19-27(23,24)8-4/h9-11,19H,5-8,12-13H2,1-4H3. The van der Waals surface area contributed by atoms with Crippen LogP contribution >= 0.6 is 0 Å². The molecule has 0 aromatic heterocycles. The van der Waals surface area contributed by atoms with Crippen molar-refractivity contribution in [2.75, 3.05) is 28.6 Å². The van der Waals surface area contributed by atoms with Crippen molar-refractivity contribution in [3.8, 4) is 0 Å². The van der Waals surface area contributed by atoms with Crippen molar-refractivity contribution in [3.05, 3.63) is 23.8 Å². The summed E-state index contributed by atoms with van der Waals surface area (Å²) in [5.74, 6) is -0.0961. The van der Waals surface area contributed by atoms with E-state index in [-0.39, 0.29) is 24.7 Å². The van der Waals surface area contributed by atoms with Crippen LogP contribution in [0.3, 0.4) is 0 Å². The number of carbonyl (C=O) groups is 2. The van der Waals surface area contributed by atoms with Crippen molar-refractivity contribution in [1.29, 1.82) is 0 Å². The highest BCUT2D eigenvalue weighted by Crippen LogP contribution is 2.30. The van der Waals surface area contributed by atoms with Gasteiger partial charge >= 0.3 is 12.2 Å². The highest BCUT2D eigenvalue weighted by Gasteiger charge is 2.29. The second kappa shape index (κ2) is 10.8. The van der Waals surface area contributed by atoms with E-state index in [4.69, 9.17) is 9.47 Å². The van der Waals surface area contributed by atoms with E-state index in [0.29, 0.717) is 30.5 Å². The molecular weight excluding hydrogens is 372 g/mol. The quantitative estimate of drug-likeness (QED) is 0.674. The number of amides is 2. The number of ether oxygens (including phenoxy) is 2. The Balaban J connectivity index is 3.38. The molecule has 152 valence electrons. The fourth-order valence-electron chi connectivity index (χ4n) is 2.27. The third-order valence-corrected chi connectivity index (χ3v) is 4.91. The lowest BCUT2D eigenvalue weighted by atomic mass is 10.1. The zero-order chi connectivity index (χ0) is 20.4. The number of hydrogen-bond acceptors (Lipinski definition) is 6. The average molecular weight is 400 g/mol. The van der Waals surface area contributed by atoms with Gasteiger partial charge in [0.25, 0.3) is 0 Å². The Hall–Kier alpha value is -2.29. The Morgan fingerprint density at radius 1 is 1.00 bits per heavy atom. The van der Waals surface area contributed by atoms with Crippen LogP contribution in [0.1, 0.15) is 46.1 Å². The highest BCUT2D eigenvalue weighted by atomic mass is 32.2. The maximum atomic E-state index is 12.5. The molecule has 1 rings (SSSR count). The summed E-state index contributed by atoms with van der Waals surface area (Å²) < 4.78 is 36.6. The molecule has 0 saturated heterocycles. The second-order valence-corrected chi connectivity index (χ2v) is 7.74. The number of hydrogen-bond donors (Lipinski definition) is 1. The number of carbonyl (C=O) groups excluding carboxylic acids is 2. The molecule has 0 bridgehead atoms. The summed E-state index contributed by atoms with van der Waals surface area (Å²) >= 11 is 0. The fraction of sp³-hybridized carbons (Fsp3) is 0.556. The summed E-state index contributed by atoms with van der Waals surface area (Å²) in [4.78, 5) is 25.8. The minimum atomic E-state index is -3.52. The number of imide groups is 1. The van der Waals surface area contributed by atoms with Gasteiger partial charge in [-0.15, -0.1) is 0 Å². The van der Waals surface area contributed by atoms with Gasteiger partial charge in [0, 0.05) is 5.56 Å². The summed E-state index contributed by atoms with van der Waals surface area (Å²) in [5.41, 5.74) is 1.04. The van der Waals surface area contributed by atoms with E-state index in [0.717, 1.165) is 4.90 Å². The molecule has 0 spiro atoms. The largest absolute Gasteiger partial charge is 0.449 e. The molecule has 0 atom stereocenters. The van der Waals surface area contributed by atoms with Gasteiger partial charge in [0.05, 0.1) is 30.3 Å². The van der Waals surface area contributed by atoms with Gasteiger partial charge in [-0.3, -0.25) is 4.72 Å².